The van der Waals surface area contributed by atoms with E-state index in [1.807, 2.05) is 18.2 Å². The first-order valence-corrected chi connectivity index (χ1v) is 7.82. The molecule has 3 rings (SSSR count). The van der Waals surface area contributed by atoms with Crippen LogP contribution in [0.1, 0.15) is 24.2 Å². The fourth-order valence-corrected chi connectivity index (χ4v) is 2.11. The highest BCUT2D eigenvalue weighted by atomic mass is 16.3. The number of Topliss-reactive ketones (excluding diaryl/α,β-unsaturated/α-hetero) is 1. The molecule has 0 aliphatic rings. The summed E-state index contributed by atoms with van der Waals surface area (Å²) in [6.45, 7) is 3.04. The molecule has 0 aliphatic carbocycles. The van der Waals surface area contributed by atoms with Crippen LogP contribution in [0.4, 0.5) is 5.82 Å². The molecule has 130 valence electrons. The van der Waals surface area contributed by atoms with E-state index in [1.54, 1.807) is 49.7 Å². The van der Waals surface area contributed by atoms with E-state index in [9.17, 15) is 9.59 Å². The number of allylic oxidation sites excluding steroid dienone is 2. The van der Waals surface area contributed by atoms with Gasteiger partial charge in [-0.25, -0.2) is 4.98 Å². The SMILES string of the molecule is C/C=C(\C#N)C(C)=O.O=C(Nc1nccc2occc12)c1ccccc1. The smallest absolute Gasteiger partial charge is 0.256 e. The first kappa shape index (κ1) is 18.6. The molecular formula is C20H17N3O3. The quantitative estimate of drug-likeness (QED) is 0.568. The third kappa shape index (κ3) is 4.65. The predicted octanol–water partition coefficient (Wildman–Crippen LogP) is 4.13. The lowest BCUT2D eigenvalue weighted by Gasteiger charge is -2.04. The van der Waals surface area contributed by atoms with E-state index >= 15 is 0 Å². The van der Waals surface area contributed by atoms with Gasteiger partial charge >= 0.3 is 0 Å². The number of anilines is 1. The number of benzene rings is 1. The molecule has 6 nitrogen and oxygen atoms in total. The molecule has 0 aliphatic heterocycles. The highest BCUT2D eigenvalue weighted by Crippen LogP contribution is 2.22. The van der Waals surface area contributed by atoms with Crippen LogP contribution in [0.2, 0.25) is 0 Å². The molecule has 1 N–H and O–H groups in total. The summed E-state index contributed by atoms with van der Waals surface area (Å²) in [6.07, 6.45) is 4.68. The first-order valence-electron chi connectivity index (χ1n) is 7.82. The normalized spacial score (nSPS) is 10.4. The van der Waals surface area contributed by atoms with E-state index in [4.69, 9.17) is 9.68 Å². The standard InChI is InChI=1S/C14H10N2O2.C6H7NO/c17-14(10-4-2-1-3-5-10)16-13-11-7-9-18-12(11)6-8-15-13;1-3-6(4-7)5(2)8/h1-9H,(H,15,16,17);3H,1-2H3/b;6-3+. The average molecular weight is 347 g/mol. The van der Waals surface area contributed by atoms with Crippen molar-refractivity contribution in [3.8, 4) is 6.07 Å². The lowest BCUT2D eigenvalue weighted by atomic mass is 10.2. The number of hydrogen-bond acceptors (Lipinski definition) is 5. The van der Waals surface area contributed by atoms with Gasteiger partial charge in [-0.15, -0.1) is 0 Å². The van der Waals surface area contributed by atoms with Crippen LogP contribution in [0.3, 0.4) is 0 Å². The van der Waals surface area contributed by atoms with E-state index in [2.05, 4.69) is 10.3 Å². The number of pyridine rings is 1. The number of nitrogens with one attached hydrogen (secondary N) is 1. The molecule has 0 unspecified atom stereocenters. The summed E-state index contributed by atoms with van der Waals surface area (Å²) < 4.78 is 5.25. The fraction of sp³-hybridized carbons (Fsp3) is 0.100. The third-order valence-electron chi connectivity index (χ3n) is 3.44. The van der Waals surface area contributed by atoms with Crippen molar-refractivity contribution in [2.45, 2.75) is 13.8 Å². The number of nitriles is 1. The topological polar surface area (TPSA) is 96.0 Å². The summed E-state index contributed by atoms with van der Waals surface area (Å²) in [7, 11) is 0. The van der Waals surface area contributed by atoms with E-state index in [0.29, 0.717) is 17.0 Å². The second-order valence-electron chi connectivity index (χ2n) is 5.18. The maximum absolute atomic E-state index is 12.0. The van der Waals surface area contributed by atoms with Crippen LogP contribution in [0.15, 0.2) is 71.0 Å². The highest BCUT2D eigenvalue weighted by molar-refractivity contribution is 6.07. The molecular weight excluding hydrogens is 330 g/mol. The van der Waals surface area contributed by atoms with E-state index in [1.165, 1.54) is 13.0 Å². The monoisotopic (exact) mass is 347 g/mol. The van der Waals surface area contributed by atoms with Crippen LogP contribution >= 0.6 is 0 Å². The Balaban J connectivity index is 0.000000260. The molecule has 3 aromatic rings. The molecule has 0 atom stereocenters. The van der Waals surface area contributed by atoms with Gasteiger partial charge in [0.15, 0.2) is 5.78 Å². The van der Waals surface area contributed by atoms with Crippen molar-refractivity contribution in [2.75, 3.05) is 5.32 Å². The Labute approximate surface area is 150 Å². The molecule has 0 radical (unpaired) electrons. The average Bonchev–Trinajstić information content (AvgIpc) is 3.13. The Bertz CT molecular complexity index is 982. The summed E-state index contributed by atoms with van der Waals surface area (Å²) in [4.78, 5) is 26.5. The zero-order valence-corrected chi connectivity index (χ0v) is 14.4. The minimum Gasteiger partial charge on any atom is -0.464 e. The fourth-order valence-electron chi connectivity index (χ4n) is 2.11. The summed E-state index contributed by atoms with van der Waals surface area (Å²) >= 11 is 0. The summed E-state index contributed by atoms with van der Waals surface area (Å²) in [5.41, 5.74) is 1.53. The van der Waals surface area contributed by atoms with Gasteiger partial charge in [-0.3, -0.25) is 9.59 Å². The maximum Gasteiger partial charge on any atom is 0.256 e. The second-order valence-corrected chi connectivity index (χ2v) is 5.18. The van der Waals surface area contributed by atoms with Crippen molar-refractivity contribution in [3.05, 3.63) is 72.1 Å². The van der Waals surface area contributed by atoms with Gasteiger partial charge in [-0.1, -0.05) is 24.3 Å². The number of nitrogens with zero attached hydrogens (tertiary/aromatic N) is 2. The molecule has 0 spiro atoms. The maximum atomic E-state index is 12.0. The molecule has 1 aromatic carbocycles. The number of aromatic nitrogens is 1. The zero-order chi connectivity index (χ0) is 18.9. The van der Waals surface area contributed by atoms with Crippen LogP contribution in [0.5, 0.6) is 0 Å². The minimum atomic E-state index is -0.184. The number of hydrogen-bond donors (Lipinski definition) is 1. The van der Waals surface area contributed by atoms with Crippen LogP contribution in [0, 0.1) is 11.3 Å². The lowest BCUT2D eigenvalue weighted by molar-refractivity contribution is -0.113. The molecule has 0 saturated carbocycles. The van der Waals surface area contributed by atoms with Crippen LogP contribution < -0.4 is 5.32 Å². The Hall–Kier alpha value is -3.72. The molecule has 2 heterocycles. The highest BCUT2D eigenvalue weighted by Gasteiger charge is 2.09. The van der Waals surface area contributed by atoms with Crippen molar-refractivity contribution in [1.29, 1.82) is 5.26 Å². The van der Waals surface area contributed by atoms with Crippen LogP contribution in [0.25, 0.3) is 11.0 Å². The van der Waals surface area contributed by atoms with Crippen molar-refractivity contribution in [3.63, 3.8) is 0 Å². The minimum absolute atomic E-state index is 0.171. The number of carbonyl (C=O) groups excluding carboxylic acids is 2. The van der Waals surface area contributed by atoms with Gasteiger partial charge in [-0.2, -0.15) is 5.26 Å². The molecule has 1 amide bonds. The number of ketones is 1. The van der Waals surface area contributed by atoms with E-state index in [0.717, 1.165) is 5.39 Å². The van der Waals surface area contributed by atoms with Gasteiger partial charge in [0.05, 0.1) is 17.2 Å². The van der Waals surface area contributed by atoms with Crippen molar-refractivity contribution >= 4 is 28.5 Å². The Morgan fingerprint density at radius 1 is 1.19 bits per heavy atom. The third-order valence-corrected chi connectivity index (χ3v) is 3.44. The predicted molar refractivity (Wildman–Crippen MR) is 98.5 cm³/mol. The Morgan fingerprint density at radius 3 is 2.50 bits per heavy atom. The van der Waals surface area contributed by atoms with Gasteiger partial charge < -0.3 is 9.73 Å². The number of carbonyl (C=O) groups is 2. The lowest BCUT2D eigenvalue weighted by Crippen LogP contribution is -2.12. The van der Waals surface area contributed by atoms with E-state index < -0.39 is 0 Å². The van der Waals surface area contributed by atoms with Gasteiger partial charge in [0.25, 0.3) is 5.91 Å². The number of fused-ring (bicyclic) bond motifs is 1. The first-order chi connectivity index (χ1) is 12.6. The number of rotatable bonds is 3. The van der Waals surface area contributed by atoms with Crippen molar-refractivity contribution < 1.29 is 14.0 Å². The molecule has 0 saturated heterocycles. The van der Waals surface area contributed by atoms with Gasteiger partial charge in [0.1, 0.15) is 17.5 Å². The van der Waals surface area contributed by atoms with Crippen molar-refractivity contribution in [1.82, 2.24) is 4.98 Å². The number of furan rings is 1. The van der Waals surface area contributed by atoms with Gasteiger partial charge in [0, 0.05) is 11.8 Å². The van der Waals surface area contributed by atoms with Crippen LogP contribution in [-0.2, 0) is 4.79 Å². The largest absolute Gasteiger partial charge is 0.464 e. The molecule has 0 fully saturated rings. The summed E-state index contributed by atoms with van der Waals surface area (Å²) in [5.74, 6) is 0.155. The summed E-state index contributed by atoms with van der Waals surface area (Å²) in [6, 6.07) is 14.3. The molecule has 2 aromatic heterocycles. The van der Waals surface area contributed by atoms with Gasteiger partial charge in [-0.05, 0) is 38.1 Å². The summed E-state index contributed by atoms with van der Waals surface area (Å²) in [5, 5.41) is 11.7. The number of amides is 1. The second kappa shape index (κ2) is 8.94. The molecule has 0 bridgehead atoms. The van der Waals surface area contributed by atoms with E-state index in [-0.39, 0.29) is 17.3 Å². The Morgan fingerprint density at radius 2 is 1.92 bits per heavy atom. The molecule has 6 heteroatoms. The zero-order valence-electron chi connectivity index (χ0n) is 14.4. The molecule has 26 heavy (non-hydrogen) atoms. The van der Waals surface area contributed by atoms with Gasteiger partial charge in [0.2, 0.25) is 0 Å². The van der Waals surface area contributed by atoms with Crippen molar-refractivity contribution in [2.24, 2.45) is 0 Å². The Kier molecular flexibility index (Phi) is 6.40. The van der Waals surface area contributed by atoms with Crippen LogP contribution in [-0.4, -0.2) is 16.7 Å².